The molecule has 108 valence electrons. The number of hydrogen-bond donors (Lipinski definition) is 1. The van der Waals surface area contributed by atoms with Crippen molar-refractivity contribution in [2.24, 2.45) is 0 Å². The van der Waals surface area contributed by atoms with Gasteiger partial charge in [-0.05, 0) is 36.8 Å². The topological polar surface area (TPSA) is 55.4 Å². The van der Waals surface area contributed by atoms with Gasteiger partial charge in [0.2, 0.25) is 5.91 Å². The van der Waals surface area contributed by atoms with Crippen LogP contribution >= 0.6 is 11.6 Å². The molecule has 0 heterocycles. The molecule has 0 aliphatic carbocycles. The van der Waals surface area contributed by atoms with Crippen LogP contribution in [0.3, 0.4) is 0 Å². The summed E-state index contributed by atoms with van der Waals surface area (Å²) in [4.78, 5) is 23.4. The molecular formula is C16H14ClNO3. The second kappa shape index (κ2) is 6.90. The van der Waals surface area contributed by atoms with Crippen molar-refractivity contribution in [3.63, 3.8) is 0 Å². The molecule has 0 saturated heterocycles. The Balaban J connectivity index is 1.89. The number of para-hydroxylation sites is 1. The van der Waals surface area contributed by atoms with E-state index in [0.29, 0.717) is 16.5 Å². The number of ether oxygens (including phenoxy) is 1. The second-order valence-electron chi connectivity index (χ2n) is 4.48. The van der Waals surface area contributed by atoms with Crippen LogP contribution in [-0.2, 0) is 9.59 Å². The summed E-state index contributed by atoms with van der Waals surface area (Å²) in [5.74, 6) is -0.651. The SMILES string of the molecule is Cc1ccc(NC(=O)CC(=O)Oc2ccccc2)cc1Cl. The monoisotopic (exact) mass is 303 g/mol. The zero-order valence-corrected chi connectivity index (χ0v) is 12.2. The van der Waals surface area contributed by atoms with E-state index in [1.807, 2.05) is 13.0 Å². The zero-order chi connectivity index (χ0) is 15.2. The third-order valence-corrected chi connectivity index (χ3v) is 3.14. The molecule has 1 amide bonds. The smallest absolute Gasteiger partial charge is 0.320 e. The third-order valence-electron chi connectivity index (χ3n) is 2.74. The molecule has 0 unspecified atom stereocenters. The maximum atomic E-state index is 11.8. The van der Waals surface area contributed by atoms with Crippen LogP contribution in [-0.4, -0.2) is 11.9 Å². The average molecular weight is 304 g/mol. The first-order chi connectivity index (χ1) is 10.0. The number of benzene rings is 2. The lowest BCUT2D eigenvalue weighted by molar-refractivity contribution is -0.137. The molecule has 5 heteroatoms. The highest BCUT2D eigenvalue weighted by Gasteiger charge is 2.12. The lowest BCUT2D eigenvalue weighted by atomic mass is 10.2. The van der Waals surface area contributed by atoms with Crippen molar-refractivity contribution in [1.29, 1.82) is 0 Å². The molecule has 0 aliphatic rings. The minimum Gasteiger partial charge on any atom is -0.426 e. The maximum Gasteiger partial charge on any atom is 0.320 e. The molecule has 0 fully saturated rings. The summed E-state index contributed by atoms with van der Waals surface area (Å²) in [6.45, 7) is 1.87. The van der Waals surface area contributed by atoms with Gasteiger partial charge in [-0.3, -0.25) is 9.59 Å². The molecule has 0 aromatic heterocycles. The molecular weight excluding hydrogens is 290 g/mol. The molecule has 0 atom stereocenters. The molecule has 0 radical (unpaired) electrons. The molecule has 0 saturated carbocycles. The van der Waals surface area contributed by atoms with E-state index in [2.05, 4.69) is 5.32 Å². The van der Waals surface area contributed by atoms with E-state index in [1.54, 1.807) is 42.5 Å². The molecule has 2 aromatic carbocycles. The van der Waals surface area contributed by atoms with Crippen LogP contribution in [0.4, 0.5) is 5.69 Å². The summed E-state index contributed by atoms with van der Waals surface area (Å²) in [7, 11) is 0. The Bertz CT molecular complexity index is 656. The third kappa shape index (κ3) is 4.61. The first-order valence-corrected chi connectivity index (χ1v) is 6.74. The molecule has 0 spiro atoms. The summed E-state index contributed by atoms with van der Waals surface area (Å²) in [5.41, 5.74) is 1.46. The van der Waals surface area contributed by atoms with E-state index in [0.717, 1.165) is 5.56 Å². The summed E-state index contributed by atoms with van der Waals surface area (Å²) in [6, 6.07) is 13.8. The van der Waals surface area contributed by atoms with E-state index in [9.17, 15) is 9.59 Å². The average Bonchev–Trinajstić information content (AvgIpc) is 2.43. The molecule has 4 nitrogen and oxygen atoms in total. The zero-order valence-electron chi connectivity index (χ0n) is 11.4. The van der Waals surface area contributed by atoms with Crippen LogP contribution in [0.1, 0.15) is 12.0 Å². The largest absolute Gasteiger partial charge is 0.426 e. The number of amides is 1. The number of rotatable bonds is 4. The highest BCUT2D eigenvalue weighted by molar-refractivity contribution is 6.31. The Morgan fingerprint density at radius 1 is 1.14 bits per heavy atom. The first-order valence-electron chi connectivity index (χ1n) is 6.36. The Morgan fingerprint density at radius 2 is 1.86 bits per heavy atom. The summed E-state index contributed by atoms with van der Waals surface area (Å²) in [5, 5.41) is 3.16. The number of esters is 1. The second-order valence-corrected chi connectivity index (χ2v) is 4.88. The predicted octanol–water partition coefficient (Wildman–Crippen LogP) is 3.58. The van der Waals surface area contributed by atoms with E-state index in [1.165, 1.54) is 0 Å². The van der Waals surface area contributed by atoms with Gasteiger partial charge < -0.3 is 10.1 Å². The van der Waals surface area contributed by atoms with Crippen LogP contribution in [0, 0.1) is 6.92 Å². The van der Waals surface area contributed by atoms with Crippen LogP contribution in [0.25, 0.3) is 0 Å². The molecule has 2 rings (SSSR count). The number of hydrogen-bond acceptors (Lipinski definition) is 3. The van der Waals surface area contributed by atoms with Gasteiger partial charge in [0.05, 0.1) is 0 Å². The summed E-state index contributed by atoms with van der Waals surface area (Å²) < 4.78 is 5.04. The lowest BCUT2D eigenvalue weighted by Gasteiger charge is -2.07. The first kappa shape index (κ1) is 15.1. The van der Waals surface area contributed by atoms with Gasteiger partial charge in [0.25, 0.3) is 0 Å². The van der Waals surface area contributed by atoms with E-state index < -0.39 is 11.9 Å². The molecule has 2 aromatic rings. The van der Waals surface area contributed by atoms with Crippen LogP contribution in [0.15, 0.2) is 48.5 Å². The number of aryl methyl sites for hydroxylation is 1. The minimum absolute atomic E-state index is 0.361. The Morgan fingerprint density at radius 3 is 2.52 bits per heavy atom. The van der Waals surface area contributed by atoms with Gasteiger partial charge in [0.15, 0.2) is 0 Å². The fourth-order valence-corrected chi connectivity index (χ4v) is 1.84. The van der Waals surface area contributed by atoms with Crippen molar-refractivity contribution in [3.8, 4) is 5.75 Å². The fourth-order valence-electron chi connectivity index (χ4n) is 1.66. The molecule has 0 aliphatic heterocycles. The lowest BCUT2D eigenvalue weighted by Crippen LogP contribution is -2.19. The van der Waals surface area contributed by atoms with Crippen molar-refractivity contribution in [1.82, 2.24) is 0 Å². The van der Waals surface area contributed by atoms with E-state index in [-0.39, 0.29) is 6.42 Å². The van der Waals surface area contributed by atoms with E-state index >= 15 is 0 Å². The Kier molecular flexibility index (Phi) is 4.95. The van der Waals surface area contributed by atoms with Gasteiger partial charge in [-0.25, -0.2) is 0 Å². The fraction of sp³-hybridized carbons (Fsp3) is 0.125. The summed E-state index contributed by atoms with van der Waals surface area (Å²) in [6.07, 6.45) is -0.361. The van der Waals surface area contributed by atoms with Crippen molar-refractivity contribution >= 4 is 29.2 Å². The van der Waals surface area contributed by atoms with Crippen molar-refractivity contribution in [2.45, 2.75) is 13.3 Å². The number of carbonyl (C=O) groups is 2. The number of carbonyl (C=O) groups excluding carboxylic acids is 2. The van der Waals surface area contributed by atoms with Crippen molar-refractivity contribution in [3.05, 3.63) is 59.1 Å². The van der Waals surface area contributed by atoms with Crippen LogP contribution < -0.4 is 10.1 Å². The minimum atomic E-state index is -0.614. The van der Waals surface area contributed by atoms with Gasteiger partial charge in [-0.2, -0.15) is 0 Å². The summed E-state index contributed by atoms with van der Waals surface area (Å²) >= 11 is 5.97. The van der Waals surface area contributed by atoms with Crippen LogP contribution in [0.5, 0.6) is 5.75 Å². The molecule has 21 heavy (non-hydrogen) atoms. The Hall–Kier alpha value is -2.33. The highest BCUT2D eigenvalue weighted by Crippen LogP contribution is 2.20. The highest BCUT2D eigenvalue weighted by atomic mass is 35.5. The number of anilines is 1. The van der Waals surface area contributed by atoms with Crippen molar-refractivity contribution in [2.75, 3.05) is 5.32 Å². The number of nitrogens with one attached hydrogen (secondary N) is 1. The predicted molar refractivity (Wildman–Crippen MR) is 81.5 cm³/mol. The van der Waals surface area contributed by atoms with Gasteiger partial charge in [-0.1, -0.05) is 35.9 Å². The normalized spacial score (nSPS) is 10.0. The van der Waals surface area contributed by atoms with Gasteiger partial charge in [0, 0.05) is 10.7 Å². The van der Waals surface area contributed by atoms with Gasteiger partial charge >= 0.3 is 5.97 Å². The van der Waals surface area contributed by atoms with Gasteiger partial charge in [0.1, 0.15) is 12.2 Å². The van der Waals surface area contributed by atoms with Crippen LogP contribution in [0.2, 0.25) is 5.02 Å². The van der Waals surface area contributed by atoms with Crippen molar-refractivity contribution < 1.29 is 14.3 Å². The number of halogens is 1. The molecule has 1 N–H and O–H groups in total. The van der Waals surface area contributed by atoms with E-state index in [4.69, 9.17) is 16.3 Å². The molecule has 0 bridgehead atoms. The Labute approximate surface area is 127 Å². The standard InChI is InChI=1S/C16H14ClNO3/c1-11-7-8-12(9-14(11)17)18-15(19)10-16(20)21-13-5-3-2-4-6-13/h2-9H,10H2,1H3,(H,18,19). The maximum absolute atomic E-state index is 11.8. The quantitative estimate of drug-likeness (QED) is 0.533. The van der Waals surface area contributed by atoms with Gasteiger partial charge in [-0.15, -0.1) is 0 Å².